The fourth-order valence-electron chi connectivity index (χ4n) is 1.32. The average Bonchev–Trinajstić information content (AvgIpc) is 2.39. The molecule has 0 heterocycles. The van der Waals surface area contributed by atoms with Crippen molar-refractivity contribution in [1.29, 1.82) is 0 Å². The molecule has 1 atom stereocenters. The summed E-state index contributed by atoms with van der Waals surface area (Å²) in [5.41, 5.74) is 5.66. The van der Waals surface area contributed by atoms with Crippen molar-refractivity contribution in [3.8, 4) is 0 Å². The van der Waals surface area contributed by atoms with Gasteiger partial charge in [0.25, 0.3) is 0 Å². The van der Waals surface area contributed by atoms with Crippen molar-refractivity contribution in [1.82, 2.24) is 0 Å². The maximum absolute atomic E-state index is 11.2. The molecule has 0 fully saturated rings. The minimum Gasteiger partial charge on any atom is -0.465 e. The van der Waals surface area contributed by atoms with Gasteiger partial charge in [0.1, 0.15) is 6.04 Å². The molecule has 0 aliphatic heterocycles. The second kappa shape index (κ2) is 8.78. The lowest BCUT2D eigenvalue weighted by Crippen LogP contribution is -2.31. The summed E-state index contributed by atoms with van der Waals surface area (Å²) >= 11 is 1.75. The summed E-state index contributed by atoms with van der Waals surface area (Å²) in [4.78, 5) is 12.5. The first-order valence-corrected chi connectivity index (χ1v) is 6.97. The van der Waals surface area contributed by atoms with Gasteiger partial charge in [-0.15, -0.1) is 11.8 Å². The minimum atomic E-state index is -0.553. The van der Waals surface area contributed by atoms with Crippen molar-refractivity contribution in [3.05, 3.63) is 42.5 Å². The predicted molar refractivity (Wildman–Crippen MR) is 75.5 cm³/mol. The highest BCUT2D eigenvalue weighted by atomic mass is 32.2. The molecule has 1 aromatic carbocycles. The van der Waals surface area contributed by atoms with Crippen LogP contribution in [0.3, 0.4) is 0 Å². The van der Waals surface area contributed by atoms with E-state index in [4.69, 9.17) is 10.5 Å². The zero-order chi connectivity index (χ0) is 13.2. The molecule has 0 aliphatic rings. The highest BCUT2D eigenvalue weighted by Crippen LogP contribution is 2.16. The van der Waals surface area contributed by atoms with Gasteiger partial charge in [-0.25, -0.2) is 0 Å². The third-order valence-corrected chi connectivity index (χ3v) is 3.20. The fourth-order valence-corrected chi connectivity index (χ4v) is 2.09. The zero-order valence-corrected chi connectivity index (χ0v) is 11.4. The molecular weight excluding hydrogens is 246 g/mol. The average molecular weight is 265 g/mol. The van der Waals surface area contributed by atoms with Gasteiger partial charge >= 0.3 is 5.97 Å². The topological polar surface area (TPSA) is 52.3 Å². The molecule has 1 aromatic rings. The van der Waals surface area contributed by atoms with Crippen LogP contribution in [-0.4, -0.2) is 24.4 Å². The number of benzene rings is 1. The van der Waals surface area contributed by atoms with E-state index in [0.717, 1.165) is 5.75 Å². The number of rotatable bonds is 7. The Bertz CT molecular complexity index is 379. The summed E-state index contributed by atoms with van der Waals surface area (Å²) in [6, 6.07) is 9.62. The predicted octanol–water partition coefficient (Wildman–Crippen LogP) is 2.62. The Morgan fingerprint density at radius 2 is 2.11 bits per heavy atom. The quantitative estimate of drug-likeness (QED) is 0.468. The van der Waals surface area contributed by atoms with Crippen LogP contribution in [0, 0.1) is 0 Å². The monoisotopic (exact) mass is 265 g/mol. The lowest BCUT2D eigenvalue weighted by molar-refractivity contribution is -0.144. The first-order chi connectivity index (χ1) is 8.74. The molecule has 0 amide bonds. The van der Waals surface area contributed by atoms with E-state index in [2.05, 4.69) is 12.1 Å². The van der Waals surface area contributed by atoms with Crippen LogP contribution in [0.5, 0.6) is 0 Å². The maximum Gasteiger partial charge on any atom is 0.323 e. The Balaban J connectivity index is 2.19. The normalized spacial score (nSPS) is 12.6. The number of nitrogens with two attached hydrogens (primary N) is 1. The molecule has 98 valence electrons. The van der Waals surface area contributed by atoms with E-state index in [1.165, 1.54) is 4.90 Å². The fraction of sp³-hybridized carbons (Fsp3) is 0.357. The highest BCUT2D eigenvalue weighted by Gasteiger charge is 2.11. The number of esters is 1. The second-order valence-electron chi connectivity index (χ2n) is 3.69. The van der Waals surface area contributed by atoms with E-state index >= 15 is 0 Å². The summed E-state index contributed by atoms with van der Waals surface area (Å²) in [6.45, 7) is 2.15. The molecule has 2 N–H and O–H groups in total. The van der Waals surface area contributed by atoms with Gasteiger partial charge in [0.2, 0.25) is 0 Å². The Hall–Kier alpha value is -1.26. The number of thioether (sulfide) groups is 1. The highest BCUT2D eigenvalue weighted by molar-refractivity contribution is 7.99. The van der Waals surface area contributed by atoms with Crippen molar-refractivity contribution < 1.29 is 9.53 Å². The van der Waals surface area contributed by atoms with Crippen LogP contribution in [0.1, 0.15) is 13.3 Å². The first-order valence-electron chi connectivity index (χ1n) is 5.99. The molecule has 0 saturated heterocycles. The molecule has 18 heavy (non-hydrogen) atoms. The SMILES string of the molecule is CCOC(=O)C(N)C/C=C/CSc1ccccc1. The summed E-state index contributed by atoms with van der Waals surface area (Å²) in [7, 11) is 0. The van der Waals surface area contributed by atoms with E-state index in [1.54, 1.807) is 18.7 Å². The van der Waals surface area contributed by atoms with Gasteiger partial charge in [-0.2, -0.15) is 0 Å². The van der Waals surface area contributed by atoms with Gasteiger partial charge in [-0.1, -0.05) is 30.4 Å². The second-order valence-corrected chi connectivity index (χ2v) is 4.78. The molecule has 1 unspecified atom stereocenters. The van der Waals surface area contributed by atoms with Gasteiger partial charge in [0, 0.05) is 10.6 Å². The molecular formula is C14H19NO2S. The van der Waals surface area contributed by atoms with Gasteiger partial charge in [0.15, 0.2) is 0 Å². The van der Waals surface area contributed by atoms with Crippen LogP contribution in [0.2, 0.25) is 0 Å². The van der Waals surface area contributed by atoms with Crippen LogP contribution in [0.25, 0.3) is 0 Å². The van der Waals surface area contributed by atoms with Crippen molar-refractivity contribution in [3.63, 3.8) is 0 Å². The lowest BCUT2D eigenvalue weighted by atomic mass is 10.2. The third kappa shape index (κ3) is 5.89. The molecule has 0 radical (unpaired) electrons. The number of carbonyl (C=O) groups excluding carboxylic acids is 1. The van der Waals surface area contributed by atoms with Crippen LogP contribution in [-0.2, 0) is 9.53 Å². The Labute approximate surface area is 112 Å². The van der Waals surface area contributed by atoms with Crippen molar-refractivity contribution in [2.75, 3.05) is 12.4 Å². The van der Waals surface area contributed by atoms with Crippen LogP contribution < -0.4 is 5.73 Å². The molecule has 1 rings (SSSR count). The molecule has 3 nitrogen and oxygen atoms in total. The largest absolute Gasteiger partial charge is 0.465 e. The van der Waals surface area contributed by atoms with E-state index in [1.807, 2.05) is 30.4 Å². The van der Waals surface area contributed by atoms with Crippen LogP contribution >= 0.6 is 11.8 Å². The van der Waals surface area contributed by atoms with Gasteiger partial charge in [-0.05, 0) is 25.5 Å². The molecule has 0 aliphatic carbocycles. The van der Waals surface area contributed by atoms with Crippen LogP contribution in [0.15, 0.2) is 47.4 Å². The number of hydrogen-bond acceptors (Lipinski definition) is 4. The molecule has 0 saturated carbocycles. The Morgan fingerprint density at radius 3 is 2.78 bits per heavy atom. The van der Waals surface area contributed by atoms with E-state index < -0.39 is 6.04 Å². The van der Waals surface area contributed by atoms with Crippen molar-refractivity contribution >= 4 is 17.7 Å². The number of hydrogen-bond donors (Lipinski definition) is 1. The summed E-state index contributed by atoms with van der Waals surface area (Å²) in [5.74, 6) is 0.539. The van der Waals surface area contributed by atoms with Crippen LogP contribution in [0.4, 0.5) is 0 Å². The summed E-state index contributed by atoms with van der Waals surface area (Å²) in [5, 5.41) is 0. The van der Waals surface area contributed by atoms with Gasteiger partial charge in [-0.3, -0.25) is 4.79 Å². The van der Waals surface area contributed by atoms with E-state index in [-0.39, 0.29) is 5.97 Å². The van der Waals surface area contributed by atoms with E-state index in [0.29, 0.717) is 13.0 Å². The smallest absolute Gasteiger partial charge is 0.323 e. The first kappa shape index (κ1) is 14.8. The van der Waals surface area contributed by atoms with Crippen molar-refractivity contribution in [2.24, 2.45) is 5.73 Å². The van der Waals surface area contributed by atoms with Gasteiger partial charge in [0.05, 0.1) is 6.61 Å². The summed E-state index contributed by atoms with van der Waals surface area (Å²) < 4.78 is 4.83. The summed E-state index contributed by atoms with van der Waals surface area (Å²) in [6.07, 6.45) is 4.47. The molecule has 0 spiro atoms. The van der Waals surface area contributed by atoms with E-state index in [9.17, 15) is 4.79 Å². The minimum absolute atomic E-state index is 0.335. The standard InChI is InChI=1S/C14H19NO2S/c1-2-17-14(16)13(15)10-6-7-11-18-12-8-4-3-5-9-12/h3-9,13H,2,10-11,15H2,1H3/b7-6+. The molecule has 4 heteroatoms. The Morgan fingerprint density at radius 1 is 1.39 bits per heavy atom. The Kier molecular flexibility index (Phi) is 7.22. The molecule has 0 bridgehead atoms. The number of carbonyl (C=O) groups is 1. The maximum atomic E-state index is 11.2. The van der Waals surface area contributed by atoms with Gasteiger partial charge < -0.3 is 10.5 Å². The molecule has 0 aromatic heterocycles. The number of ether oxygens (including phenoxy) is 1. The third-order valence-electron chi connectivity index (χ3n) is 2.24. The van der Waals surface area contributed by atoms with Crippen molar-refractivity contribution in [2.45, 2.75) is 24.3 Å². The zero-order valence-electron chi connectivity index (χ0n) is 10.5. The lowest BCUT2D eigenvalue weighted by Gasteiger charge is -2.07.